The van der Waals surface area contributed by atoms with Gasteiger partial charge in [0.2, 0.25) is 0 Å². The summed E-state index contributed by atoms with van der Waals surface area (Å²) in [5.74, 6) is -0.825. The van der Waals surface area contributed by atoms with E-state index in [2.05, 4.69) is 10.5 Å². The number of para-hydroxylation sites is 1. The van der Waals surface area contributed by atoms with Gasteiger partial charge in [0, 0.05) is 5.56 Å². The van der Waals surface area contributed by atoms with Crippen LogP contribution in [0.3, 0.4) is 0 Å². The minimum Gasteiger partial charge on any atom is -0.271 e. The number of hydrogen-bond acceptors (Lipinski definition) is 4. The molecule has 0 atom stereocenters. The first-order valence-electron chi connectivity index (χ1n) is 9.30. The van der Waals surface area contributed by atoms with Gasteiger partial charge in [0.05, 0.1) is 22.4 Å². The second-order valence-electron chi connectivity index (χ2n) is 6.54. The second-order valence-corrected chi connectivity index (χ2v) is 8.40. The number of carbonyl (C=O) groups excluding carboxylic acids is 1. The molecular weight excluding hydrogens is 443 g/mol. The highest BCUT2D eigenvalue weighted by molar-refractivity contribution is 7.92. The number of halogens is 3. The van der Waals surface area contributed by atoms with Crippen LogP contribution in [0.4, 0.5) is 18.9 Å². The van der Waals surface area contributed by atoms with E-state index >= 15 is 0 Å². The summed E-state index contributed by atoms with van der Waals surface area (Å²) >= 11 is 0. The zero-order valence-electron chi connectivity index (χ0n) is 16.5. The summed E-state index contributed by atoms with van der Waals surface area (Å²) in [6.45, 7) is -0.625. The summed E-state index contributed by atoms with van der Waals surface area (Å²) in [4.78, 5) is 12.4. The van der Waals surface area contributed by atoms with E-state index in [4.69, 9.17) is 0 Å². The Labute approximate surface area is 183 Å². The predicted octanol–water partition coefficient (Wildman–Crippen LogP) is 4.05. The molecule has 0 aliphatic heterocycles. The topological polar surface area (TPSA) is 78.8 Å². The van der Waals surface area contributed by atoms with Crippen LogP contribution in [0, 0.1) is 0 Å². The van der Waals surface area contributed by atoms with Crippen LogP contribution in [-0.4, -0.2) is 27.1 Å². The molecule has 3 aromatic rings. The number of nitrogens with one attached hydrogen (secondary N) is 1. The number of benzene rings is 3. The van der Waals surface area contributed by atoms with E-state index in [0.29, 0.717) is 0 Å². The molecule has 32 heavy (non-hydrogen) atoms. The van der Waals surface area contributed by atoms with Gasteiger partial charge in [0.1, 0.15) is 6.54 Å². The van der Waals surface area contributed by atoms with Crippen LogP contribution in [0.15, 0.2) is 94.9 Å². The largest absolute Gasteiger partial charge is 0.417 e. The van der Waals surface area contributed by atoms with Crippen LogP contribution in [0.5, 0.6) is 0 Å². The molecule has 1 amide bonds. The van der Waals surface area contributed by atoms with Crippen LogP contribution < -0.4 is 9.73 Å². The Balaban J connectivity index is 1.81. The summed E-state index contributed by atoms with van der Waals surface area (Å²) in [6.07, 6.45) is -3.72. The van der Waals surface area contributed by atoms with E-state index < -0.39 is 34.2 Å². The summed E-state index contributed by atoms with van der Waals surface area (Å²) in [5.41, 5.74) is 1.19. The Morgan fingerprint density at radius 2 is 1.47 bits per heavy atom. The lowest BCUT2D eigenvalue weighted by Crippen LogP contribution is -2.39. The van der Waals surface area contributed by atoms with Gasteiger partial charge in [-0.25, -0.2) is 13.8 Å². The Morgan fingerprint density at radius 3 is 2.09 bits per heavy atom. The van der Waals surface area contributed by atoms with Gasteiger partial charge < -0.3 is 0 Å². The average molecular weight is 461 g/mol. The number of amides is 1. The summed E-state index contributed by atoms with van der Waals surface area (Å²) in [6, 6.07) is 20.3. The molecule has 10 heteroatoms. The Morgan fingerprint density at radius 1 is 0.906 bits per heavy atom. The van der Waals surface area contributed by atoms with Gasteiger partial charge in [-0.1, -0.05) is 54.6 Å². The van der Waals surface area contributed by atoms with Crippen LogP contribution >= 0.6 is 0 Å². The number of carbonyl (C=O) groups is 1. The van der Waals surface area contributed by atoms with E-state index in [-0.39, 0.29) is 16.1 Å². The molecule has 0 unspecified atom stereocenters. The standard InChI is InChI=1S/C22H18F3N3O3S/c23-22(24,25)20-14-8-7-9-17(20)15-26-27-21(29)16-28(18-10-3-1-4-11-18)32(30,31)19-12-5-2-6-13-19/h1-15H,16H2,(H,27,29)/b26-15-. The van der Waals surface area contributed by atoms with Crippen molar-refractivity contribution < 1.29 is 26.4 Å². The van der Waals surface area contributed by atoms with E-state index in [1.54, 1.807) is 36.4 Å². The zero-order valence-corrected chi connectivity index (χ0v) is 17.3. The van der Waals surface area contributed by atoms with Crippen LogP contribution in [0.1, 0.15) is 11.1 Å². The van der Waals surface area contributed by atoms with Gasteiger partial charge in [-0.05, 0) is 30.3 Å². The quantitative estimate of drug-likeness (QED) is 0.426. The fourth-order valence-corrected chi connectivity index (χ4v) is 4.28. The number of alkyl halides is 3. The monoisotopic (exact) mass is 461 g/mol. The average Bonchev–Trinajstić information content (AvgIpc) is 2.78. The number of hydrazone groups is 1. The third-order valence-electron chi connectivity index (χ3n) is 4.32. The maximum absolute atomic E-state index is 13.1. The molecule has 0 heterocycles. The van der Waals surface area contributed by atoms with Crippen molar-refractivity contribution >= 4 is 27.8 Å². The van der Waals surface area contributed by atoms with Gasteiger partial charge in [-0.3, -0.25) is 9.10 Å². The lowest BCUT2D eigenvalue weighted by Gasteiger charge is -2.23. The molecule has 6 nitrogen and oxygen atoms in total. The fraction of sp³-hybridized carbons (Fsp3) is 0.0909. The van der Waals surface area contributed by atoms with E-state index in [1.165, 1.54) is 42.5 Å². The van der Waals surface area contributed by atoms with Crippen LogP contribution in [-0.2, 0) is 21.0 Å². The highest BCUT2D eigenvalue weighted by atomic mass is 32.2. The Hall–Kier alpha value is -3.66. The second kappa shape index (κ2) is 9.65. The van der Waals surface area contributed by atoms with Gasteiger partial charge in [0.15, 0.2) is 0 Å². The summed E-state index contributed by atoms with van der Waals surface area (Å²) < 4.78 is 66.3. The molecule has 3 aromatic carbocycles. The molecule has 0 aliphatic rings. The molecule has 166 valence electrons. The number of sulfonamides is 1. The number of nitrogens with zero attached hydrogens (tertiary/aromatic N) is 2. The zero-order chi connectivity index (χ0) is 23.2. The Bertz CT molecular complexity index is 1200. The first kappa shape index (κ1) is 23.0. The number of hydrogen-bond donors (Lipinski definition) is 1. The summed E-state index contributed by atoms with van der Waals surface area (Å²) in [7, 11) is -4.08. The normalized spacial score (nSPS) is 12.0. The van der Waals surface area contributed by atoms with Crippen molar-refractivity contribution in [2.45, 2.75) is 11.1 Å². The molecule has 0 bridgehead atoms. The van der Waals surface area contributed by atoms with Crippen LogP contribution in [0.25, 0.3) is 0 Å². The molecule has 0 aromatic heterocycles. The Kier molecular flexibility index (Phi) is 6.94. The molecule has 0 spiro atoms. The molecule has 0 saturated carbocycles. The predicted molar refractivity (Wildman–Crippen MR) is 115 cm³/mol. The minimum atomic E-state index is -4.58. The van der Waals surface area contributed by atoms with Gasteiger partial charge in [-0.15, -0.1) is 0 Å². The van der Waals surface area contributed by atoms with Gasteiger partial charge in [-0.2, -0.15) is 18.3 Å². The lowest BCUT2D eigenvalue weighted by molar-refractivity contribution is -0.137. The van der Waals surface area contributed by atoms with Crippen molar-refractivity contribution in [2.75, 3.05) is 10.8 Å². The molecule has 1 N–H and O–H groups in total. The first-order valence-corrected chi connectivity index (χ1v) is 10.7. The van der Waals surface area contributed by atoms with E-state index in [9.17, 15) is 26.4 Å². The first-order chi connectivity index (χ1) is 15.2. The molecule has 0 radical (unpaired) electrons. The molecule has 0 fully saturated rings. The molecular formula is C22H18F3N3O3S. The van der Waals surface area contributed by atoms with Gasteiger partial charge >= 0.3 is 6.18 Å². The van der Waals surface area contributed by atoms with E-state index in [0.717, 1.165) is 16.6 Å². The van der Waals surface area contributed by atoms with Gasteiger partial charge in [0.25, 0.3) is 15.9 Å². The SMILES string of the molecule is O=C(CN(c1ccccc1)S(=O)(=O)c1ccccc1)N/N=C\c1ccccc1C(F)(F)F. The summed E-state index contributed by atoms with van der Waals surface area (Å²) in [5, 5.41) is 3.57. The van der Waals surface area contributed by atoms with Crippen molar-refractivity contribution in [1.29, 1.82) is 0 Å². The van der Waals surface area contributed by atoms with Crippen molar-refractivity contribution in [1.82, 2.24) is 5.43 Å². The maximum atomic E-state index is 13.1. The smallest absolute Gasteiger partial charge is 0.271 e. The van der Waals surface area contributed by atoms with E-state index in [1.807, 2.05) is 0 Å². The third kappa shape index (κ3) is 5.52. The number of anilines is 1. The lowest BCUT2D eigenvalue weighted by atomic mass is 10.1. The number of rotatable bonds is 7. The van der Waals surface area contributed by atoms with Crippen LogP contribution in [0.2, 0.25) is 0 Å². The van der Waals surface area contributed by atoms with Crippen molar-refractivity contribution in [2.24, 2.45) is 5.10 Å². The van der Waals surface area contributed by atoms with Crippen molar-refractivity contribution in [3.05, 3.63) is 96.1 Å². The molecule has 0 saturated heterocycles. The van der Waals surface area contributed by atoms with Crippen molar-refractivity contribution in [3.63, 3.8) is 0 Å². The third-order valence-corrected chi connectivity index (χ3v) is 6.11. The fourth-order valence-electron chi connectivity index (χ4n) is 2.84. The highest BCUT2D eigenvalue weighted by Crippen LogP contribution is 2.31. The minimum absolute atomic E-state index is 0.0146. The molecule has 3 rings (SSSR count). The molecule has 0 aliphatic carbocycles. The maximum Gasteiger partial charge on any atom is 0.417 e. The van der Waals surface area contributed by atoms with Crippen molar-refractivity contribution in [3.8, 4) is 0 Å². The highest BCUT2D eigenvalue weighted by Gasteiger charge is 2.32.